The molecule has 3 heteroatoms. The van der Waals surface area contributed by atoms with Crippen molar-refractivity contribution in [1.29, 1.82) is 0 Å². The number of hydrogen-bond acceptors (Lipinski definition) is 3. The molecule has 0 bridgehead atoms. The second kappa shape index (κ2) is 4.83. The third-order valence-corrected chi connectivity index (χ3v) is 3.05. The topological polar surface area (TPSA) is 48.1 Å². The second-order valence-electron chi connectivity index (χ2n) is 4.89. The largest absolute Gasteiger partial charge is 0.489 e. The lowest BCUT2D eigenvalue weighted by Crippen LogP contribution is -2.14. The normalized spacial score (nSPS) is 25.0. The first kappa shape index (κ1) is 11.4. The van der Waals surface area contributed by atoms with E-state index in [1.807, 2.05) is 20.0 Å². The maximum Gasteiger partial charge on any atom is 0.138 e. The first-order valence-electron chi connectivity index (χ1n) is 6.02. The van der Waals surface area contributed by atoms with E-state index in [1.165, 1.54) is 12.0 Å². The quantitative estimate of drug-likeness (QED) is 0.851. The molecule has 3 nitrogen and oxygen atoms in total. The lowest BCUT2D eigenvalue weighted by atomic mass is 9.99. The van der Waals surface area contributed by atoms with Crippen LogP contribution in [0.1, 0.15) is 44.6 Å². The van der Waals surface area contributed by atoms with E-state index in [0.717, 1.165) is 18.6 Å². The van der Waals surface area contributed by atoms with Gasteiger partial charge in [0.25, 0.3) is 0 Å². The molecule has 1 aliphatic rings. The Hall–Kier alpha value is -1.09. The summed E-state index contributed by atoms with van der Waals surface area (Å²) in [6, 6.07) is 2.47. The number of hydrogen-bond donors (Lipinski definition) is 1. The third kappa shape index (κ3) is 2.73. The first-order valence-corrected chi connectivity index (χ1v) is 6.02. The number of aromatic nitrogens is 1. The Labute approximate surface area is 97.0 Å². The molecule has 1 saturated carbocycles. The summed E-state index contributed by atoms with van der Waals surface area (Å²) in [5.41, 5.74) is 7.20. The zero-order valence-electron chi connectivity index (χ0n) is 10.0. The van der Waals surface area contributed by atoms with Crippen LogP contribution >= 0.6 is 0 Å². The van der Waals surface area contributed by atoms with E-state index >= 15 is 0 Å². The molecule has 0 amide bonds. The average molecular weight is 220 g/mol. The fourth-order valence-electron chi connectivity index (χ4n) is 2.31. The Morgan fingerprint density at radius 2 is 2.19 bits per heavy atom. The molecule has 2 rings (SSSR count). The monoisotopic (exact) mass is 220 g/mol. The van der Waals surface area contributed by atoms with Crippen LogP contribution in [-0.4, -0.2) is 17.1 Å². The van der Waals surface area contributed by atoms with Crippen LogP contribution in [0, 0.1) is 0 Å². The Bertz CT molecular complexity index is 352. The summed E-state index contributed by atoms with van der Waals surface area (Å²) in [4.78, 5) is 4.24. The molecule has 2 unspecified atom stereocenters. The minimum Gasteiger partial charge on any atom is -0.489 e. The van der Waals surface area contributed by atoms with Crippen molar-refractivity contribution in [1.82, 2.24) is 4.98 Å². The molecule has 1 fully saturated rings. The second-order valence-corrected chi connectivity index (χ2v) is 4.89. The van der Waals surface area contributed by atoms with Gasteiger partial charge in [-0.1, -0.05) is 0 Å². The van der Waals surface area contributed by atoms with Crippen molar-refractivity contribution in [2.75, 3.05) is 0 Å². The van der Waals surface area contributed by atoms with Gasteiger partial charge in [0, 0.05) is 12.2 Å². The van der Waals surface area contributed by atoms with E-state index in [9.17, 15) is 0 Å². The zero-order chi connectivity index (χ0) is 11.5. The standard InChI is InChI=1S/C13H20N2O/c1-9(2)16-13-6-11(7-15-8-13)10-3-4-12(14)5-10/h6-10,12H,3-5,14H2,1-2H3. The van der Waals surface area contributed by atoms with Gasteiger partial charge in [-0.05, 0) is 50.7 Å². The number of ether oxygens (including phenoxy) is 1. The van der Waals surface area contributed by atoms with Crippen molar-refractivity contribution in [2.24, 2.45) is 5.73 Å². The highest BCUT2D eigenvalue weighted by Gasteiger charge is 2.23. The summed E-state index contributed by atoms with van der Waals surface area (Å²) in [7, 11) is 0. The molecule has 0 aromatic carbocycles. The summed E-state index contributed by atoms with van der Waals surface area (Å²) < 4.78 is 5.65. The van der Waals surface area contributed by atoms with Gasteiger partial charge < -0.3 is 10.5 Å². The predicted octanol–water partition coefficient (Wildman–Crippen LogP) is 2.46. The van der Waals surface area contributed by atoms with Crippen LogP contribution < -0.4 is 10.5 Å². The van der Waals surface area contributed by atoms with Gasteiger partial charge in [-0.3, -0.25) is 4.98 Å². The molecule has 1 aromatic heterocycles. The lowest BCUT2D eigenvalue weighted by Gasteiger charge is -2.13. The Kier molecular flexibility index (Phi) is 3.44. The van der Waals surface area contributed by atoms with Gasteiger partial charge in [0.1, 0.15) is 5.75 Å². The van der Waals surface area contributed by atoms with Gasteiger partial charge in [-0.15, -0.1) is 0 Å². The molecule has 1 aliphatic carbocycles. The molecular formula is C13H20N2O. The highest BCUT2D eigenvalue weighted by atomic mass is 16.5. The average Bonchev–Trinajstić information content (AvgIpc) is 2.64. The molecule has 0 spiro atoms. The van der Waals surface area contributed by atoms with E-state index in [0.29, 0.717) is 12.0 Å². The molecule has 0 saturated heterocycles. The van der Waals surface area contributed by atoms with Gasteiger partial charge in [-0.2, -0.15) is 0 Å². The molecule has 1 heterocycles. The zero-order valence-corrected chi connectivity index (χ0v) is 10.0. The van der Waals surface area contributed by atoms with Crippen molar-refractivity contribution < 1.29 is 4.74 Å². The fraction of sp³-hybridized carbons (Fsp3) is 0.615. The van der Waals surface area contributed by atoms with Crippen LogP contribution in [0.3, 0.4) is 0 Å². The lowest BCUT2D eigenvalue weighted by molar-refractivity contribution is 0.241. The van der Waals surface area contributed by atoms with E-state index in [1.54, 1.807) is 6.20 Å². The van der Waals surface area contributed by atoms with Crippen molar-refractivity contribution in [3.05, 3.63) is 24.0 Å². The summed E-state index contributed by atoms with van der Waals surface area (Å²) in [6.07, 6.45) is 7.29. The molecule has 16 heavy (non-hydrogen) atoms. The number of nitrogens with zero attached hydrogens (tertiary/aromatic N) is 1. The summed E-state index contributed by atoms with van der Waals surface area (Å²) >= 11 is 0. The summed E-state index contributed by atoms with van der Waals surface area (Å²) in [5, 5.41) is 0. The first-order chi connectivity index (χ1) is 7.65. The smallest absolute Gasteiger partial charge is 0.138 e. The minimum atomic E-state index is 0.197. The molecule has 0 aliphatic heterocycles. The molecule has 88 valence electrons. The highest BCUT2D eigenvalue weighted by molar-refractivity contribution is 5.27. The van der Waals surface area contributed by atoms with E-state index in [4.69, 9.17) is 10.5 Å². The Balaban J connectivity index is 2.09. The van der Waals surface area contributed by atoms with E-state index < -0.39 is 0 Å². The Morgan fingerprint density at radius 3 is 2.81 bits per heavy atom. The molecule has 1 aromatic rings. The van der Waals surface area contributed by atoms with Crippen molar-refractivity contribution >= 4 is 0 Å². The highest BCUT2D eigenvalue weighted by Crippen LogP contribution is 2.34. The number of pyridine rings is 1. The van der Waals surface area contributed by atoms with Crippen molar-refractivity contribution in [3.63, 3.8) is 0 Å². The van der Waals surface area contributed by atoms with Gasteiger partial charge in [0.05, 0.1) is 12.3 Å². The van der Waals surface area contributed by atoms with Crippen molar-refractivity contribution in [3.8, 4) is 5.75 Å². The van der Waals surface area contributed by atoms with E-state index in [-0.39, 0.29) is 6.10 Å². The van der Waals surface area contributed by atoms with Crippen LogP contribution in [0.15, 0.2) is 18.5 Å². The van der Waals surface area contributed by atoms with E-state index in [2.05, 4.69) is 11.1 Å². The van der Waals surface area contributed by atoms with Gasteiger partial charge in [0.15, 0.2) is 0 Å². The molecular weight excluding hydrogens is 200 g/mol. The molecule has 2 N–H and O–H groups in total. The Morgan fingerprint density at radius 1 is 1.38 bits per heavy atom. The third-order valence-electron chi connectivity index (χ3n) is 3.05. The maximum absolute atomic E-state index is 5.93. The fourth-order valence-corrected chi connectivity index (χ4v) is 2.31. The van der Waals surface area contributed by atoms with Gasteiger partial charge in [-0.25, -0.2) is 0 Å². The van der Waals surface area contributed by atoms with Crippen molar-refractivity contribution in [2.45, 2.75) is 51.2 Å². The molecule has 0 radical (unpaired) electrons. The predicted molar refractivity (Wildman–Crippen MR) is 64.6 cm³/mol. The van der Waals surface area contributed by atoms with Gasteiger partial charge >= 0.3 is 0 Å². The van der Waals surface area contributed by atoms with Crippen LogP contribution in [0.5, 0.6) is 5.75 Å². The number of rotatable bonds is 3. The maximum atomic E-state index is 5.93. The van der Waals surface area contributed by atoms with Gasteiger partial charge in [0.2, 0.25) is 0 Å². The molecule has 2 atom stereocenters. The SMILES string of the molecule is CC(C)Oc1cncc(C2CCC(N)C2)c1. The summed E-state index contributed by atoms with van der Waals surface area (Å²) in [6.45, 7) is 4.05. The summed E-state index contributed by atoms with van der Waals surface area (Å²) in [5.74, 6) is 1.44. The van der Waals surface area contributed by atoms with Crippen LogP contribution in [-0.2, 0) is 0 Å². The van der Waals surface area contributed by atoms with Crippen LogP contribution in [0.25, 0.3) is 0 Å². The minimum absolute atomic E-state index is 0.197. The van der Waals surface area contributed by atoms with Crippen LogP contribution in [0.4, 0.5) is 0 Å². The van der Waals surface area contributed by atoms with Crippen LogP contribution in [0.2, 0.25) is 0 Å². The number of nitrogens with two attached hydrogens (primary N) is 1.